The van der Waals surface area contributed by atoms with Gasteiger partial charge in [-0.15, -0.1) is 11.8 Å². The Labute approximate surface area is 84.2 Å². The van der Waals surface area contributed by atoms with E-state index in [1.165, 1.54) is 16.0 Å². The fraction of sp³-hybridized carbons (Fsp3) is 0.455. The molecule has 0 spiro atoms. The van der Waals surface area contributed by atoms with E-state index >= 15 is 0 Å². The highest BCUT2D eigenvalue weighted by Gasteiger charge is 2.00. The summed E-state index contributed by atoms with van der Waals surface area (Å²) in [6, 6.07) is 6.50. The Kier molecular flexibility index (Phi) is 4.33. The van der Waals surface area contributed by atoms with Crippen LogP contribution in [0.4, 0.5) is 0 Å². The first-order chi connectivity index (χ1) is 6.27. The fourth-order valence-electron chi connectivity index (χ4n) is 1.33. The van der Waals surface area contributed by atoms with Crippen LogP contribution in [-0.2, 0) is 6.42 Å². The molecule has 0 unspecified atom stereocenters. The molecular weight excluding hydrogens is 180 g/mol. The van der Waals surface area contributed by atoms with Gasteiger partial charge in [0.2, 0.25) is 0 Å². The summed E-state index contributed by atoms with van der Waals surface area (Å²) >= 11 is 1.78. The van der Waals surface area contributed by atoms with Crippen molar-refractivity contribution in [2.45, 2.75) is 24.7 Å². The van der Waals surface area contributed by atoms with Crippen LogP contribution in [0.25, 0.3) is 0 Å². The summed E-state index contributed by atoms with van der Waals surface area (Å²) in [7, 11) is 0. The van der Waals surface area contributed by atoms with E-state index in [4.69, 9.17) is 5.11 Å². The van der Waals surface area contributed by atoms with Gasteiger partial charge in [-0.25, -0.2) is 0 Å². The summed E-state index contributed by atoms with van der Waals surface area (Å²) in [5.74, 6) is 0. The van der Waals surface area contributed by atoms with E-state index in [1.807, 2.05) is 0 Å². The lowest BCUT2D eigenvalue weighted by molar-refractivity contribution is 0.288. The molecule has 0 heterocycles. The van der Waals surface area contributed by atoms with Gasteiger partial charge in [0.05, 0.1) is 0 Å². The van der Waals surface area contributed by atoms with Crippen LogP contribution in [-0.4, -0.2) is 18.0 Å². The molecule has 1 nitrogen and oxygen atoms in total. The van der Waals surface area contributed by atoms with Crippen molar-refractivity contribution >= 4 is 11.8 Å². The van der Waals surface area contributed by atoms with Crippen molar-refractivity contribution in [3.63, 3.8) is 0 Å². The molecule has 0 aliphatic heterocycles. The van der Waals surface area contributed by atoms with Gasteiger partial charge in [0, 0.05) is 11.5 Å². The van der Waals surface area contributed by atoms with Gasteiger partial charge >= 0.3 is 0 Å². The van der Waals surface area contributed by atoms with Gasteiger partial charge in [0.25, 0.3) is 0 Å². The number of rotatable bonds is 4. The monoisotopic (exact) mass is 196 g/mol. The third-order valence-electron chi connectivity index (χ3n) is 2.05. The topological polar surface area (TPSA) is 20.2 Å². The van der Waals surface area contributed by atoms with E-state index in [-0.39, 0.29) is 6.61 Å². The number of aliphatic hydroxyl groups is 1. The van der Waals surface area contributed by atoms with Crippen LogP contribution in [0.5, 0.6) is 0 Å². The smallest absolute Gasteiger partial charge is 0.0434 e. The molecule has 1 rings (SSSR count). The van der Waals surface area contributed by atoms with Gasteiger partial charge in [0.1, 0.15) is 0 Å². The highest BCUT2D eigenvalue weighted by atomic mass is 32.2. The van der Waals surface area contributed by atoms with E-state index in [2.05, 4.69) is 31.4 Å². The second-order valence-electron chi connectivity index (χ2n) is 3.14. The molecule has 2 heteroatoms. The lowest BCUT2D eigenvalue weighted by atomic mass is 10.1. The predicted molar refractivity (Wildman–Crippen MR) is 58.4 cm³/mol. The Morgan fingerprint density at radius 2 is 2.15 bits per heavy atom. The SMILES string of the molecule is CSc1cc(C)ccc1CCCO. The van der Waals surface area contributed by atoms with E-state index in [9.17, 15) is 0 Å². The van der Waals surface area contributed by atoms with Crippen LogP contribution in [0.15, 0.2) is 23.1 Å². The van der Waals surface area contributed by atoms with Gasteiger partial charge in [-0.05, 0) is 37.7 Å². The van der Waals surface area contributed by atoms with Crippen LogP contribution in [0.1, 0.15) is 17.5 Å². The second kappa shape index (κ2) is 5.30. The van der Waals surface area contributed by atoms with Crippen molar-refractivity contribution in [2.75, 3.05) is 12.9 Å². The maximum Gasteiger partial charge on any atom is 0.0434 e. The highest BCUT2D eigenvalue weighted by molar-refractivity contribution is 7.98. The first-order valence-electron chi connectivity index (χ1n) is 4.52. The molecule has 0 fully saturated rings. The number of aliphatic hydroxyl groups excluding tert-OH is 1. The highest BCUT2D eigenvalue weighted by Crippen LogP contribution is 2.22. The second-order valence-corrected chi connectivity index (χ2v) is 3.99. The Morgan fingerprint density at radius 1 is 1.38 bits per heavy atom. The van der Waals surface area contributed by atoms with Crippen molar-refractivity contribution in [3.8, 4) is 0 Å². The standard InChI is InChI=1S/C11H16OS/c1-9-5-6-10(4-3-7-12)11(8-9)13-2/h5-6,8,12H,3-4,7H2,1-2H3. The van der Waals surface area contributed by atoms with Gasteiger partial charge in [-0.2, -0.15) is 0 Å². The maximum absolute atomic E-state index is 8.74. The van der Waals surface area contributed by atoms with E-state index in [1.54, 1.807) is 11.8 Å². The van der Waals surface area contributed by atoms with Crippen molar-refractivity contribution in [1.29, 1.82) is 0 Å². The Bertz CT molecular complexity index is 271. The third-order valence-corrected chi connectivity index (χ3v) is 2.87. The van der Waals surface area contributed by atoms with Crippen LogP contribution in [0.3, 0.4) is 0 Å². The number of thioether (sulfide) groups is 1. The van der Waals surface area contributed by atoms with Gasteiger partial charge in [-0.1, -0.05) is 17.7 Å². The van der Waals surface area contributed by atoms with Crippen LogP contribution in [0, 0.1) is 6.92 Å². The molecule has 0 saturated carbocycles. The summed E-state index contributed by atoms with van der Waals surface area (Å²) in [5.41, 5.74) is 2.66. The van der Waals surface area contributed by atoms with Gasteiger partial charge in [-0.3, -0.25) is 0 Å². The Morgan fingerprint density at radius 3 is 2.77 bits per heavy atom. The predicted octanol–water partition coefficient (Wildman–Crippen LogP) is 2.64. The average molecular weight is 196 g/mol. The molecule has 0 aromatic heterocycles. The quantitative estimate of drug-likeness (QED) is 0.747. The van der Waals surface area contributed by atoms with Crippen molar-refractivity contribution in [2.24, 2.45) is 0 Å². The first-order valence-corrected chi connectivity index (χ1v) is 5.74. The maximum atomic E-state index is 8.74. The molecule has 0 bridgehead atoms. The van der Waals surface area contributed by atoms with Gasteiger partial charge < -0.3 is 5.11 Å². The van der Waals surface area contributed by atoms with E-state index < -0.39 is 0 Å². The molecule has 0 saturated heterocycles. The molecule has 72 valence electrons. The first kappa shape index (κ1) is 10.6. The number of benzene rings is 1. The van der Waals surface area contributed by atoms with Crippen molar-refractivity contribution in [3.05, 3.63) is 29.3 Å². The van der Waals surface area contributed by atoms with E-state index in [0.29, 0.717) is 0 Å². The molecule has 13 heavy (non-hydrogen) atoms. The lowest BCUT2D eigenvalue weighted by Crippen LogP contribution is -1.92. The summed E-state index contributed by atoms with van der Waals surface area (Å²) in [6.45, 7) is 2.39. The molecule has 1 aromatic rings. The number of hydrogen-bond donors (Lipinski definition) is 1. The Balaban J connectivity index is 2.79. The molecule has 0 aliphatic rings. The summed E-state index contributed by atoms with van der Waals surface area (Å²) < 4.78 is 0. The zero-order chi connectivity index (χ0) is 9.68. The number of aryl methyl sites for hydroxylation is 2. The minimum absolute atomic E-state index is 0.279. The van der Waals surface area contributed by atoms with Crippen molar-refractivity contribution < 1.29 is 5.11 Å². The minimum Gasteiger partial charge on any atom is -0.396 e. The fourth-order valence-corrected chi connectivity index (χ4v) is 2.06. The zero-order valence-corrected chi connectivity index (χ0v) is 9.03. The summed E-state index contributed by atoms with van der Waals surface area (Å²) in [5, 5.41) is 8.74. The Hall–Kier alpha value is -0.470. The molecule has 0 radical (unpaired) electrons. The number of hydrogen-bond acceptors (Lipinski definition) is 2. The van der Waals surface area contributed by atoms with Crippen molar-refractivity contribution in [1.82, 2.24) is 0 Å². The van der Waals surface area contributed by atoms with Crippen LogP contribution >= 0.6 is 11.8 Å². The van der Waals surface area contributed by atoms with E-state index in [0.717, 1.165) is 12.8 Å². The summed E-state index contributed by atoms with van der Waals surface area (Å²) in [4.78, 5) is 1.34. The largest absolute Gasteiger partial charge is 0.396 e. The molecule has 1 N–H and O–H groups in total. The molecule has 0 aliphatic carbocycles. The molecule has 0 atom stereocenters. The van der Waals surface area contributed by atoms with Crippen LogP contribution < -0.4 is 0 Å². The normalized spacial score (nSPS) is 10.4. The minimum atomic E-state index is 0.279. The van der Waals surface area contributed by atoms with Crippen LogP contribution in [0.2, 0.25) is 0 Å². The molecule has 0 amide bonds. The lowest BCUT2D eigenvalue weighted by Gasteiger charge is -2.07. The zero-order valence-electron chi connectivity index (χ0n) is 8.21. The summed E-state index contributed by atoms with van der Waals surface area (Å²) in [6.07, 6.45) is 3.93. The van der Waals surface area contributed by atoms with Gasteiger partial charge in [0.15, 0.2) is 0 Å². The third kappa shape index (κ3) is 3.05. The molecular formula is C11H16OS. The average Bonchev–Trinajstić information content (AvgIpc) is 2.16. The molecule has 1 aromatic carbocycles.